The highest BCUT2D eigenvalue weighted by molar-refractivity contribution is 7.93. The Morgan fingerprint density at radius 2 is 2.04 bits per heavy atom. The lowest BCUT2D eigenvalue weighted by Crippen LogP contribution is -2.25. The highest BCUT2D eigenvalue weighted by Gasteiger charge is 2.28. The summed E-state index contributed by atoms with van der Waals surface area (Å²) in [7, 11) is -3.14. The zero-order valence-electron chi connectivity index (χ0n) is 13.0. The Morgan fingerprint density at radius 1 is 1.17 bits per heavy atom. The Bertz CT molecular complexity index is 949. The van der Waals surface area contributed by atoms with Crippen molar-refractivity contribution >= 4 is 42.4 Å². The molecular formula is C17H17N3O2S2. The maximum Gasteiger partial charge on any atom is 0.235 e. The number of fused-ring (bicyclic) bond motifs is 1. The van der Waals surface area contributed by atoms with Gasteiger partial charge in [0.1, 0.15) is 0 Å². The van der Waals surface area contributed by atoms with E-state index in [1.807, 2.05) is 42.5 Å². The van der Waals surface area contributed by atoms with Gasteiger partial charge in [0.05, 0.1) is 21.7 Å². The van der Waals surface area contributed by atoms with E-state index in [2.05, 4.69) is 16.4 Å². The molecule has 1 aromatic heterocycles. The summed E-state index contributed by atoms with van der Waals surface area (Å²) in [6, 6.07) is 15.7. The van der Waals surface area contributed by atoms with Gasteiger partial charge in [0.2, 0.25) is 10.0 Å². The van der Waals surface area contributed by atoms with E-state index in [1.165, 1.54) is 4.31 Å². The molecule has 0 aliphatic carbocycles. The Hall–Kier alpha value is -2.12. The maximum absolute atomic E-state index is 12.1. The molecule has 2 aromatic carbocycles. The molecule has 0 spiro atoms. The van der Waals surface area contributed by atoms with Gasteiger partial charge in [-0.3, -0.25) is 4.31 Å². The molecule has 0 amide bonds. The second-order valence-corrected chi connectivity index (χ2v) is 8.80. The van der Waals surface area contributed by atoms with Gasteiger partial charge in [-0.2, -0.15) is 0 Å². The van der Waals surface area contributed by atoms with E-state index in [4.69, 9.17) is 0 Å². The molecule has 0 bridgehead atoms. The van der Waals surface area contributed by atoms with Crippen molar-refractivity contribution < 1.29 is 8.42 Å². The van der Waals surface area contributed by atoms with Crippen molar-refractivity contribution in [2.75, 3.05) is 21.9 Å². The lowest BCUT2D eigenvalue weighted by molar-refractivity contribution is 0.599. The summed E-state index contributed by atoms with van der Waals surface area (Å²) in [5.74, 6) is 0.237. The van der Waals surface area contributed by atoms with Gasteiger partial charge >= 0.3 is 0 Å². The van der Waals surface area contributed by atoms with Crippen LogP contribution in [0.15, 0.2) is 48.5 Å². The Balaban J connectivity index is 1.52. The minimum absolute atomic E-state index is 0.237. The first-order valence-corrected chi connectivity index (χ1v) is 10.2. The second-order valence-electron chi connectivity index (χ2n) is 5.75. The summed E-state index contributed by atoms with van der Waals surface area (Å²) in [6.45, 7) is 1.18. The van der Waals surface area contributed by atoms with E-state index >= 15 is 0 Å². The average molecular weight is 359 g/mol. The normalized spacial score (nSPS) is 16.6. The van der Waals surface area contributed by atoms with E-state index < -0.39 is 10.0 Å². The monoisotopic (exact) mass is 359 g/mol. The molecule has 1 aliphatic heterocycles. The van der Waals surface area contributed by atoms with E-state index in [0.717, 1.165) is 26.6 Å². The molecule has 5 nitrogen and oxygen atoms in total. The highest BCUT2D eigenvalue weighted by atomic mass is 32.2. The van der Waals surface area contributed by atoms with Crippen molar-refractivity contribution in [2.45, 2.75) is 13.0 Å². The summed E-state index contributed by atoms with van der Waals surface area (Å²) in [4.78, 5) is 4.55. The van der Waals surface area contributed by atoms with Gasteiger partial charge in [-0.1, -0.05) is 35.6 Å². The van der Waals surface area contributed by atoms with Gasteiger partial charge < -0.3 is 5.32 Å². The largest absolute Gasteiger partial charge is 0.357 e. The number of anilines is 2. The van der Waals surface area contributed by atoms with Gasteiger partial charge in [-0.15, -0.1) is 0 Å². The van der Waals surface area contributed by atoms with Gasteiger partial charge in [0.15, 0.2) is 5.13 Å². The third-order valence-corrected chi connectivity index (χ3v) is 6.90. The van der Waals surface area contributed by atoms with Crippen molar-refractivity contribution in [1.29, 1.82) is 0 Å². The number of sulfonamides is 1. The van der Waals surface area contributed by atoms with E-state index in [1.54, 1.807) is 11.3 Å². The predicted molar refractivity (Wildman–Crippen MR) is 99.1 cm³/mol. The molecule has 1 aliphatic rings. The van der Waals surface area contributed by atoms with Crippen LogP contribution >= 0.6 is 11.3 Å². The number of rotatable bonds is 4. The van der Waals surface area contributed by atoms with Crippen molar-refractivity contribution in [3.63, 3.8) is 0 Å². The second kappa shape index (κ2) is 6.07. The fourth-order valence-corrected chi connectivity index (χ4v) is 5.29. The molecule has 1 fully saturated rings. The van der Waals surface area contributed by atoms with Crippen LogP contribution in [-0.2, 0) is 16.6 Å². The summed E-state index contributed by atoms with van der Waals surface area (Å²) < 4.78 is 26.8. The first-order chi connectivity index (χ1) is 11.6. The topological polar surface area (TPSA) is 62.3 Å². The van der Waals surface area contributed by atoms with E-state index in [-0.39, 0.29) is 5.75 Å². The summed E-state index contributed by atoms with van der Waals surface area (Å²) in [5.41, 5.74) is 2.77. The number of hydrogen-bond acceptors (Lipinski definition) is 5. The first-order valence-electron chi connectivity index (χ1n) is 7.81. The van der Waals surface area contributed by atoms with Gasteiger partial charge in [0.25, 0.3) is 0 Å². The number of hydrogen-bond donors (Lipinski definition) is 1. The molecule has 124 valence electrons. The predicted octanol–water partition coefficient (Wildman–Crippen LogP) is 3.45. The molecular weight excluding hydrogens is 342 g/mol. The van der Waals surface area contributed by atoms with Crippen LogP contribution in [0.5, 0.6) is 0 Å². The SMILES string of the molecule is O=S1(=O)CCCN1c1cccc(CNc2nc3ccccc3s2)c1. The first kappa shape index (κ1) is 15.4. The number of benzene rings is 2. The van der Waals surface area contributed by atoms with Crippen LogP contribution in [0.1, 0.15) is 12.0 Å². The Morgan fingerprint density at radius 3 is 2.83 bits per heavy atom. The van der Waals surface area contributed by atoms with Crippen LogP contribution in [0.4, 0.5) is 10.8 Å². The van der Waals surface area contributed by atoms with Crippen LogP contribution in [0.2, 0.25) is 0 Å². The fraction of sp³-hybridized carbons (Fsp3) is 0.235. The summed E-state index contributed by atoms with van der Waals surface area (Å²) in [5, 5.41) is 4.20. The van der Waals surface area contributed by atoms with Crippen molar-refractivity contribution in [1.82, 2.24) is 4.98 Å². The number of para-hydroxylation sites is 1. The van der Waals surface area contributed by atoms with Crippen LogP contribution in [0, 0.1) is 0 Å². The van der Waals surface area contributed by atoms with Gasteiger partial charge in [-0.05, 0) is 36.2 Å². The number of aromatic nitrogens is 1. The lowest BCUT2D eigenvalue weighted by Gasteiger charge is -2.17. The number of nitrogens with one attached hydrogen (secondary N) is 1. The molecule has 7 heteroatoms. The molecule has 24 heavy (non-hydrogen) atoms. The molecule has 1 saturated heterocycles. The maximum atomic E-state index is 12.1. The van der Waals surface area contributed by atoms with Crippen LogP contribution in [0.3, 0.4) is 0 Å². The highest BCUT2D eigenvalue weighted by Crippen LogP contribution is 2.27. The Kier molecular flexibility index (Phi) is 3.90. The minimum Gasteiger partial charge on any atom is -0.357 e. The van der Waals surface area contributed by atoms with Crippen molar-refractivity contribution in [2.24, 2.45) is 0 Å². The minimum atomic E-state index is -3.14. The molecule has 1 N–H and O–H groups in total. The lowest BCUT2D eigenvalue weighted by atomic mass is 10.2. The molecule has 4 rings (SSSR count). The number of nitrogens with zero attached hydrogens (tertiary/aromatic N) is 2. The molecule has 0 saturated carbocycles. The third kappa shape index (κ3) is 2.97. The van der Waals surface area contributed by atoms with Gasteiger partial charge in [-0.25, -0.2) is 13.4 Å². The molecule has 2 heterocycles. The zero-order valence-corrected chi connectivity index (χ0v) is 14.6. The Labute approximate surface area is 145 Å². The summed E-state index contributed by atoms with van der Waals surface area (Å²) >= 11 is 1.62. The number of thiazole rings is 1. The van der Waals surface area contributed by atoms with Crippen molar-refractivity contribution in [3.8, 4) is 0 Å². The average Bonchev–Trinajstić information content (AvgIpc) is 3.15. The molecule has 0 radical (unpaired) electrons. The molecule has 0 atom stereocenters. The molecule has 0 unspecified atom stereocenters. The van der Waals surface area contributed by atoms with E-state index in [9.17, 15) is 8.42 Å². The quantitative estimate of drug-likeness (QED) is 0.775. The van der Waals surface area contributed by atoms with Crippen LogP contribution in [-0.4, -0.2) is 25.7 Å². The van der Waals surface area contributed by atoms with Crippen LogP contribution in [0.25, 0.3) is 10.2 Å². The fourth-order valence-electron chi connectivity index (χ4n) is 2.88. The standard InChI is InChI=1S/C17H17N3O2S2/c21-24(22)10-4-9-20(24)14-6-3-5-13(11-14)12-18-17-19-15-7-1-2-8-16(15)23-17/h1-3,5-8,11H,4,9-10,12H2,(H,18,19). The third-order valence-electron chi connectivity index (χ3n) is 4.04. The zero-order chi connectivity index (χ0) is 16.6. The summed E-state index contributed by atoms with van der Waals surface area (Å²) in [6.07, 6.45) is 0.691. The van der Waals surface area contributed by atoms with E-state index in [0.29, 0.717) is 19.5 Å². The molecule has 3 aromatic rings. The van der Waals surface area contributed by atoms with Crippen molar-refractivity contribution in [3.05, 3.63) is 54.1 Å². The van der Waals surface area contributed by atoms with Crippen LogP contribution < -0.4 is 9.62 Å². The van der Waals surface area contributed by atoms with Gasteiger partial charge in [0, 0.05) is 13.1 Å². The smallest absolute Gasteiger partial charge is 0.235 e.